The predicted octanol–water partition coefficient (Wildman–Crippen LogP) is 6.21. The highest BCUT2D eigenvalue weighted by Gasteiger charge is 2.12. The fourth-order valence-electron chi connectivity index (χ4n) is 4.63. The van der Waals surface area contributed by atoms with Gasteiger partial charge in [0.15, 0.2) is 0 Å². The van der Waals surface area contributed by atoms with E-state index < -0.39 is 0 Å². The second kappa shape index (κ2) is 10.4. The first-order chi connectivity index (χ1) is 17.2. The van der Waals surface area contributed by atoms with Gasteiger partial charge in [-0.05, 0) is 85.8 Å². The van der Waals surface area contributed by atoms with Crippen molar-refractivity contribution in [1.29, 1.82) is 0 Å². The molecule has 3 aromatic carbocycles. The number of benzene rings is 3. The van der Waals surface area contributed by atoms with Gasteiger partial charge in [-0.1, -0.05) is 42.5 Å². The Morgan fingerprint density at radius 2 is 1.49 bits per heavy atom. The minimum absolute atomic E-state index is 0.231. The smallest absolute Gasteiger partial charge is 0.271 e. The lowest BCUT2D eigenvalue weighted by molar-refractivity contribution is 0.0955. The fraction of sp³-hybridized carbons (Fsp3) is 0.200. The van der Waals surface area contributed by atoms with E-state index in [2.05, 4.69) is 63.3 Å². The lowest BCUT2D eigenvalue weighted by Gasteiger charge is -2.28. The summed E-state index contributed by atoms with van der Waals surface area (Å²) in [5.74, 6) is -0.231. The lowest BCUT2D eigenvalue weighted by atomic mass is 10.1. The van der Waals surface area contributed by atoms with E-state index in [1.165, 1.54) is 24.9 Å². The number of piperidine rings is 1. The highest BCUT2D eigenvalue weighted by molar-refractivity contribution is 5.95. The third-order valence-electron chi connectivity index (χ3n) is 6.53. The van der Waals surface area contributed by atoms with E-state index in [0.29, 0.717) is 5.56 Å². The number of carbonyl (C=O) groups is 1. The number of aryl methyl sites for hydroxylation is 1. The van der Waals surface area contributed by atoms with Gasteiger partial charge < -0.3 is 9.47 Å². The molecule has 176 valence electrons. The molecule has 5 nitrogen and oxygen atoms in total. The number of nitrogens with zero attached hydrogens (tertiary/aromatic N) is 3. The molecule has 1 aromatic heterocycles. The SMILES string of the molecule is Cc1ccc(-c2ccccc2)n1-c1ccc(C(=O)N/N=C/c2ccc(N3CCCCC3)cc2)cc1. The van der Waals surface area contributed by atoms with E-state index in [4.69, 9.17) is 0 Å². The molecule has 0 radical (unpaired) electrons. The summed E-state index contributed by atoms with van der Waals surface area (Å²) in [4.78, 5) is 15.0. The molecule has 1 aliphatic rings. The van der Waals surface area contributed by atoms with Crippen molar-refractivity contribution in [3.05, 3.63) is 108 Å². The number of nitrogens with one attached hydrogen (secondary N) is 1. The first-order valence-electron chi connectivity index (χ1n) is 12.2. The average Bonchev–Trinajstić information content (AvgIpc) is 3.31. The van der Waals surface area contributed by atoms with Gasteiger partial charge >= 0.3 is 0 Å². The molecule has 0 unspecified atom stereocenters. The molecular formula is C30H30N4O. The molecule has 1 fully saturated rings. The topological polar surface area (TPSA) is 49.6 Å². The van der Waals surface area contributed by atoms with Gasteiger partial charge in [0.2, 0.25) is 0 Å². The van der Waals surface area contributed by atoms with E-state index in [9.17, 15) is 4.79 Å². The average molecular weight is 463 g/mol. The van der Waals surface area contributed by atoms with Crippen LogP contribution in [0.2, 0.25) is 0 Å². The molecule has 35 heavy (non-hydrogen) atoms. The van der Waals surface area contributed by atoms with Gasteiger partial charge in [0.25, 0.3) is 5.91 Å². The number of hydrazone groups is 1. The van der Waals surface area contributed by atoms with Crippen LogP contribution in [-0.4, -0.2) is 29.8 Å². The number of hydrogen-bond donors (Lipinski definition) is 1. The van der Waals surface area contributed by atoms with Crippen molar-refractivity contribution in [2.24, 2.45) is 5.10 Å². The summed E-state index contributed by atoms with van der Waals surface area (Å²) in [6.07, 6.45) is 5.52. The second-order valence-electron chi connectivity index (χ2n) is 8.95. The Morgan fingerprint density at radius 3 is 2.20 bits per heavy atom. The van der Waals surface area contributed by atoms with E-state index in [1.54, 1.807) is 6.21 Å². The van der Waals surface area contributed by atoms with Crippen molar-refractivity contribution in [1.82, 2.24) is 9.99 Å². The normalized spacial score (nSPS) is 13.8. The van der Waals surface area contributed by atoms with Gasteiger partial charge in [0.05, 0.1) is 11.9 Å². The summed E-state index contributed by atoms with van der Waals surface area (Å²) in [5.41, 5.74) is 9.84. The standard InChI is InChI=1S/C30H30N4O/c1-23-10-19-29(25-8-4-2-5-9-25)34(23)28-17-13-26(14-18-28)30(35)32-31-22-24-11-15-27(16-12-24)33-20-6-3-7-21-33/h2,4-5,8-19,22H,3,6-7,20-21H2,1H3,(H,32,35)/b31-22+. The van der Waals surface area contributed by atoms with Crippen LogP contribution < -0.4 is 10.3 Å². The van der Waals surface area contributed by atoms with E-state index in [0.717, 1.165) is 41.3 Å². The highest BCUT2D eigenvalue weighted by atomic mass is 16.2. The van der Waals surface area contributed by atoms with Crippen molar-refractivity contribution >= 4 is 17.8 Å². The minimum Gasteiger partial charge on any atom is -0.372 e. The molecule has 0 aliphatic carbocycles. The molecule has 1 aliphatic heterocycles. The zero-order valence-electron chi connectivity index (χ0n) is 20.0. The van der Waals surface area contributed by atoms with E-state index >= 15 is 0 Å². The molecular weight excluding hydrogens is 432 g/mol. The Kier molecular flexibility index (Phi) is 6.75. The summed E-state index contributed by atoms with van der Waals surface area (Å²) in [5, 5.41) is 4.16. The third-order valence-corrected chi connectivity index (χ3v) is 6.53. The summed E-state index contributed by atoms with van der Waals surface area (Å²) in [7, 11) is 0. The number of anilines is 1. The van der Waals surface area contributed by atoms with Gasteiger partial charge in [0.1, 0.15) is 0 Å². The molecule has 1 amide bonds. The first kappa shape index (κ1) is 22.7. The van der Waals surface area contributed by atoms with Crippen molar-refractivity contribution in [2.75, 3.05) is 18.0 Å². The van der Waals surface area contributed by atoms with Gasteiger partial charge in [-0.15, -0.1) is 0 Å². The minimum atomic E-state index is -0.231. The first-order valence-corrected chi connectivity index (χ1v) is 12.2. The summed E-state index contributed by atoms with van der Waals surface area (Å²) < 4.78 is 2.20. The van der Waals surface area contributed by atoms with Crippen molar-refractivity contribution < 1.29 is 4.79 Å². The Morgan fingerprint density at radius 1 is 0.800 bits per heavy atom. The van der Waals surface area contributed by atoms with Crippen molar-refractivity contribution in [3.8, 4) is 16.9 Å². The number of aromatic nitrogens is 1. The predicted molar refractivity (Wildman–Crippen MR) is 144 cm³/mol. The fourth-order valence-corrected chi connectivity index (χ4v) is 4.63. The zero-order chi connectivity index (χ0) is 24.0. The maximum atomic E-state index is 12.6. The van der Waals surface area contributed by atoms with Crippen LogP contribution in [0.5, 0.6) is 0 Å². The van der Waals surface area contributed by atoms with Crippen LogP contribution in [0.25, 0.3) is 16.9 Å². The molecule has 1 N–H and O–H groups in total. The van der Waals surface area contributed by atoms with Crippen LogP contribution in [0.15, 0.2) is 96.1 Å². The Balaban J connectivity index is 1.23. The number of amides is 1. The van der Waals surface area contributed by atoms with Crippen LogP contribution in [0, 0.1) is 6.92 Å². The monoisotopic (exact) mass is 462 g/mol. The molecule has 0 atom stereocenters. The van der Waals surface area contributed by atoms with Crippen LogP contribution >= 0.6 is 0 Å². The van der Waals surface area contributed by atoms with Crippen molar-refractivity contribution in [2.45, 2.75) is 26.2 Å². The highest BCUT2D eigenvalue weighted by Crippen LogP contribution is 2.26. The van der Waals surface area contributed by atoms with E-state index in [1.807, 2.05) is 54.6 Å². The molecule has 0 bridgehead atoms. The number of hydrogen-bond acceptors (Lipinski definition) is 3. The molecule has 0 saturated carbocycles. The maximum Gasteiger partial charge on any atom is 0.271 e. The van der Waals surface area contributed by atoms with Crippen LogP contribution in [0.1, 0.15) is 40.9 Å². The Labute approximate surface area is 206 Å². The molecule has 0 spiro atoms. The lowest BCUT2D eigenvalue weighted by Crippen LogP contribution is -2.29. The largest absolute Gasteiger partial charge is 0.372 e. The molecule has 2 heterocycles. The zero-order valence-corrected chi connectivity index (χ0v) is 20.0. The summed E-state index contributed by atoms with van der Waals surface area (Å²) >= 11 is 0. The summed E-state index contributed by atoms with van der Waals surface area (Å²) in [6.45, 7) is 4.33. The second-order valence-corrected chi connectivity index (χ2v) is 8.95. The molecule has 5 rings (SSSR count). The Hall–Kier alpha value is -4.12. The van der Waals surface area contributed by atoms with Gasteiger partial charge in [0, 0.05) is 35.7 Å². The quantitative estimate of drug-likeness (QED) is 0.274. The van der Waals surface area contributed by atoms with Crippen LogP contribution in [0.3, 0.4) is 0 Å². The van der Waals surface area contributed by atoms with Gasteiger partial charge in [-0.25, -0.2) is 5.43 Å². The van der Waals surface area contributed by atoms with Gasteiger partial charge in [-0.3, -0.25) is 4.79 Å². The van der Waals surface area contributed by atoms with Crippen LogP contribution in [0.4, 0.5) is 5.69 Å². The third kappa shape index (κ3) is 5.19. The summed E-state index contributed by atoms with van der Waals surface area (Å²) in [6, 6.07) is 30.5. The molecule has 1 saturated heterocycles. The van der Waals surface area contributed by atoms with Crippen LogP contribution in [-0.2, 0) is 0 Å². The molecule has 5 heteroatoms. The van der Waals surface area contributed by atoms with E-state index in [-0.39, 0.29) is 5.91 Å². The molecule has 4 aromatic rings. The van der Waals surface area contributed by atoms with Gasteiger partial charge in [-0.2, -0.15) is 5.10 Å². The Bertz CT molecular complexity index is 1300. The maximum absolute atomic E-state index is 12.6. The number of rotatable bonds is 6. The number of carbonyl (C=O) groups excluding carboxylic acids is 1. The van der Waals surface area contributed by atoms with Crippen molar-refractivity contribution in [3.63, 3.8) is 0 Å².